The summed E-state index contributed by atoms with van der Waals surface area (Å²) < 4.78 is 5.15. The van der Waals surface area contributed by atoms with Gasteiger partial charge in [-0.1, -0.05) is 26.0 Å². The van der Waals surface area contributed by atoms with Crippen molar-refractivity contribution in [3.8, 4) is 11.5 Å². The van der Waals surface area contributed by atoms with Gasteiger partial charge in [-0.2, -0.15) is 0 Å². The third kappa shape index (κ3) is 4.32. The van der Waals surface area contributed by atoms with Gasteiger partial charge in [-0.25, -0.2) is 4.79 Å². The molecule has 0 heterocycles. The van der Waals surface area contributed by atoms with Gasteiger partial charge in [0.2, 0.25) is 0 Å². The van der Waals surface area contributed by atoms with Crippen molar-refractivity contribution >= 4 is 18.0 Å². The Morgan fingerprint density at radius 2 is 2.00 bits per heavy atom. The molecule has 23 heavy (non-hydrogen) atoms. The van der Waals surface area contributed by atoms with Gasteiger partial charge in [0.25, 0.3) is 0 Å². The molecule has 0 aliphatic carbocycles. The SMILES string of the molecule is CNC(=O)Oc1ccc(N=Cc2ccccc2O)c(C(C)C)c1. The van der Waals surface area contributed by atoms with E-state index in [9.17, 15) is 9.90 Å². The van der Waals surface area contributed by atoms with Crippen molar-refractivity contribution in [2.75, 3.05) is 7.05 Å². The molecule has 0 atom stereocenters. The monoisotopic (exact) mass is 312 g/mol. The Morgan fingerprint density at radius 1 is 1.26 bits per heavy atom. The fourth-order valence-corrected chi connectivity index (χ4v) is 2.07. The summed E-state index contributed by atoms with van der Waals surface area (Å²) in [4.78, 5) is 15.8. The number of rotatable bonds is 4. The molecule has 2 N–H and O–H groups in total. The van der Waals surface area contributed by atoms with E-state index in [0.717, 1.165) is 11.3 Å². The molecule has 0 radical (unpaired) electrons. The lowest BCUT2D eigenvalue weighted by atomic mass is 10.0. The summed E-state index contributed by atoms with van der Waals surface area (Å²) in [5.74, 6) is 0.858. The van der Waals surface area contributed by atoms with E-state index in [0.29, 0.717) is 11.3 Å². The average molecular weight is 312 g/mol. The highest BCUT2D eigenvalue weighted by atomic mass is 16.5. The molecule has 0 unspecified atom stereocenters. The van der Waals surface area contributed by atoms with Crippen LogP contribution in [-0.2, 0) is 0 Å². The third-order valence-corrected chi connectivity index (χ3v) is 3.32. The summed E-state index contributed by atoms with van der Waals surface area (Å²) in [5, 5.41) is 12.2. The van der Waals surface area contributed by atoms with Gasteiger partial charge >= 0.3 is 6.09 Å². The molecule has 0 aliphatic rings. The van der Waals surface area contributed by atoms with Crippen LogP contribution in [0.2, 0.25) is 0 Å². The maximum atomic E-state index is 11.3. The molecule has 5 nitrogen and oxygen atoms in total. The molecule has 2 aromatic carbocycles. The number of para-hydroxylation sites is 1. The Hall–Kier alpha value is -2.82. The topological polar surface area (TPSA) is 70.9 Å². The third-order valence-electron chi connectivity index (χ3n) is 3.32. The quantitative estimate of drug-likeness (QED) is 0.839. The molecule has 120 valence electrons. The molecule has 5 heteroatoms. The smallest absolute Gasteiger partial charge is 0.412 e. The second-order valence-corrected chi connectivity index (χ2v) is 5.33. The molecule has 0 spiro atoms. The fourth-order valence-electron chi connectivity index (χ4n) is 2.07. The number of ether oxygens (including phenoxy) is 1. The van der Waals surface area contributed by atoms with Crippen LogP contribution in [0.5, 0.6) is 11.5 Å². The number of benzene rings is 2. The first-order chi connectivity index (χ1) is 11.0. The number of phenolic OH excluding ortho intramolecular Hbond substituents is 1. The fraction of sp³-hybridized carbons (Fsp3) is 0.222. The van der Waals surface area contributed by atoms with Crippen LogP contribution in [0.4, 0.5) is 10.5 Å². The van der Waals surface area contributed by atoms with Crippen LogP contribution in [0.3, 0.4) is 0 Å². The number of carbonyl (C=O) groups is 1. The van der Waals surface area contributed by atoms with Gasteiger partial charge in [0.15, 0.2) is 0 Å². The minimum Gasteiger partial charge on any atom is -0.507 e. The molecule has 2 rings (SSSR count). The average Bonchev–Trinajstić information content (AvgIpc) is 2.54. The number of aromatic hydroxyl groups is 1. The zero-order valence-electron chi connectivity index (χ0n) is 13.4. The Kier molecular flexibility index (Phi) is 5.36. The van der Waals surface area contributed by atoms with Crippen LogP contribution in [0, 0.1) is 0 Å². The van der Waals surface area contributed by atoms with Crippen molar-refractivity contribution in [2.45, 2.75) is 19.8 Å². The van der Waals surface area contributed by atoms with Gasteiger partial charge in [0.1, 0.15) is 11.5 Å². The highest BCUT2D eigenvalue weighted by Crippen LogP contribution is 2.31. The van der Waals surface area contributed by atoms with Gasteiger partial charge in [0, 0.05) is 18.8 Å². The number of nitrogens with zero attached hydrogens (tertiary/aromatic N) is 1. The van der Waals surface area contributed by atoms with Gasteiger partial charge in [-0.05, 0) is 41.8 Å². The standard InChI is InChI=1S/C18H20N2O3/c1-12(2)15-10-14(23-18(22)19-3)8-9-16(15)20-11-13-6-4-5-7-17(13)21/h4-12,21H,1-3H3,(H,19,22). The van der Waals surface area contributed by atoms with E-state index in [-0.39, 0.29) is 11.7 Å². The summed E-state index contributed by atoms with van der Waals surface area (Å²) in [5.41, 5.74) is 2.37. The zero-order chi connectivity index (χ0) is 16.8. The van der Waals surface area contributed by atoms with E-state index in [2.05, 4.69) is 10.3 Å². The second-order valence-electron chi connectivity index (χ2n) is 5.33. The van der Waals surface area contributed by atoms with Crippen LogP contribution in [0.1, 0.15) is 30.9 Å². The van der Waals surface area contributed by atoms with Crippen molar-refractivity contribution in [3.63, 3.8) is 0 Å². The van der Waals surface area contributed by atoms with Crippen LogP contribution < -0.4 is 10.1 Å². The Bertz CT molecular complexity index is 724. The Labute approximate surface area is 135 Å². The van der Waals surface area contributed by atoms with E-state index in [1.165, 1.54) is 7.05 Å². The van der Waals surface area contributed by atoms with Crippen LogP contribution in [0.15, 0.2) is 47.5 Å². The molecule has 0 aromatic heterocycles. The number of phenols is 1. The predicted octanol–water partition coefficient (Wildman–Crippen LogP) is 3.98. The Morgan fingerprint density at radius 3 is 2.65 bits per heavy atom. The summed E-state index contributed by atoms with van der Waals surface area (Å²) in [7, 11) is 1.51. The molecule has 0 bridgehead atoms. The molecule has 0 saturated heterocycles. The van der Waals surface area contributed by atoms with Gasteiger partial charge < -0.3 is 15.2 Å². The molecule has 1 amide bonds. The number of nitrogens with one attached hydrogen (secondary N) is 1. The largest absolute Gasteiger partial charge is 0.507 e. The minimum atomic E-state index is -0.509. The maximum Gasteiger partial charge on any atom is 0.412 e. The molecule has 0 fully saturated rings. The van der Waals surface area contributed by atoms with E-state index < -0.39 is 6.09 Å². The van der Waals surface area contributed by atoms with Crippen molar-refractivity contribution in [3.05, 3.63) is 53.6 Å². The van der Waals surface area contributed by atoms with Gasteiger partial charge in [-0.3, -0.25) is 4.99 Å². The molecular formula is C18H20N2O3. The van der Waals surface area contributed by atoms with Crippen LogP contribution >= 0.6 is 0 Å². The van der Waals surface area contributed by atoms with E-state index in [4.69, 9.17) is 4.74 Å². The van der Waals surface area contributed by atoms with Gasteiger partial charge in [-0.15, -0.1) is 0 Å². The number of carbonyl (C=O) groups excluding carboxylic acids is 1. The summed E-state index contributed by atoms with van der Waals surface area (Å²) in [6.07, 6.45) is 1.11. The first-order valence-electron chi connectivity index (χ1n) is 7.37. The van der Waals surface area contributed by atoms with Gasteiger partial charge in [0.05, 0.1) is 5.69 Å². The molecular weight excluding hydrogens is 292 g/mol. The van der Waals surface area contributed by atoms with Crippen molar-refractivity contribution in [2.24, 2.45) is 4.99 Å². The van der Waals surface area contributed by atoms with Crippen molar-refractivity contribution in [1.82, 2.24) is 5.32 Å². The van der Waals surface area contributed by atoms with E-state index >= 15 is 0 Å². The summed E-state index contributed by atoms with van der Waals surface area (Å²) in [6, 6.07) is 12.3. The van der Waals surface area contributed by atoms with Crippen molar-refractivity contribution in [1.29, 1.82) is 0 Å². The molecule has 0 saturated carbocycles. The first-order valence-corrected chi connectivity index (χ1v) is 7.37. The predicted molar refractivity (Wildman–Crippen MR) is 91.0 cm³/mol. The second kappa shape index (κ2) is 7.45. The van der Waals surface area contributed by atoms with E-state index in [1.54, 1.807) is 42.6 Å². The lowest BCUT2D eigenvalue weighted by molar-refractivity contribution is 0.203. The minimum absolute atomic E-state index is 0.182. The van der Waals surface area contributed by atoms with Crippen molar-refractivity contribution < 1.29 is 14.6 Å². The highest BCUT2D eigenvalue weighted by molar-refractivity contribution is 5.85. The number of hydrogen-bond donors (Lipinski definition) is 2. The summed E-state index contributed by atoms with van der Waals surface area (Å²) >= 11 is 0. The lowest BCUT2D eigenvalue weighted by Crippen LogP contribution is -2.22. The maximum absolute atomic E-state index is 11.3. The van der Waals surface area contributed by atoms with E-state index in [1.807, 2.05) is 19.9 Å². The highest BCUT2D eigenvalue weighted by Gasteiger charge is 2.10. The number of amides is 1. The number of aliphatic imine (C=N–C) groups is 1. The summed E-state index contributed by atoms with van der Waals surface area (Å²) in [6.45, 7) is 4.08. The normalized spacial score (nSPS) is 11.0. The van der Waals surface area contributed by atoms with Crippen LogP contribution in [0.25, 0.3) is 0 Å². The zero-order valence-corrected chi connectivity index (χ0v) is 13.4. The molecule has 0 aliphatic heterocycles. The molecule has 2 aromatic rings. The lowest BCUT2D eigenvalue weighted by Gasteiger charge is -2.12. The first kappa shape index (κ1) is 16.5. The Balaban J connectivity index is 2.31. The van der Waals surface area contributed by atoms with Crippen LogP contribution in [-0.4, -0.2) is 24.5 Å². The number of hydrogen-bond acceptors (Lipinski definition) is 4.